The lowest BCUT2D eigenvalue weighted by atomic mass is 10.1. The van der Waals surface area contributed by atoms with Gasteiger partial charge in [0.1, 0.15) is 11.6 Å². The third kappa shape index (κ3) is 11.0. The highest BCUT2D eigenvalue weighted by atomic mass is 35.5. The van der Waals surface area contributed by atoms with Gasteiger partial charge in [-0.25, -0.2) is 18.4 Å². The van der Waals surface area contributed by atoms with Crippen LogP contribution in [-0.2, 0) is 27.7 Å². The molecule has 15 heteroatoms. The average molecular weight is 820 g/mol. The Balaban J connectivity index is 0.000000190. The minimum Gasteiger partial charge on any atom is -0.344 e. The normalized spacial score (nSPS) is 16.8. The van der Waals surface area contributed by atoms with Crippen molar-refractivity contribution in [1.29, 1.82) is 0 Å². The van der Waals surface area contributed by atoms with Crippen LogP contribution in [0.25, 0.3) is 6.08 Å². The number of hydrogen-bond acceptors (Lipinski definition) is 11. The molecule has 2 aliphatic heterocycles. The zero-order chi connectivity index (χ0) is 39.0. The Labute approximate surface area is 337 Å². The molecule has 5 aromatic rings. The Morgan fingerprint density at radius 2 is 1.35 bits per heavy atom. The van der Waals surface area contributed by atoms with Crippen LogP contribution in [0.5, 0.6) is 0 Å². The first-order valence-electron chi connectivity index (χ1n) is 18.4. The number of amides is 1. The van der Waals surface area contributed by atoms with E-state index in [9.17, 15) is 13.2 Å². The fraction of sp³-hybridized carbons (Fsp3) is 0.375. The van der Waals surface area contributed by atoms with E-state index in [-0.39, 0.29) is 17.2 Å². The summed E-state index contributed by atoms with van der Waals surface area (Å²) in [6.07, 6.45) is 4.94. The van der Waals surface area contributed by atoms with Crippen LogP contribution < -0.4 is 9.80 Å². The van der Waals surface area contributed by atoms with Gasteiger partial charge in [-0.15, -0.1) is 0 Å². The zero-order valence-electron chi connectivity index (χ0n) is 31.6. The van der Waals surface area contributed by atoms with Gasteiger partial charge in [0.15, 0.2) is 0 Å². The molecule has 2 fully saturated rings. The van der Waals surface area contributed by atoms with Gasteiger partial charge in [-0.1, -0.05) is 83.9 Å². The molecule has 55 heavy (non-hydrogen) atoms. The van der Waals surface area contributed by atoms with Crippen molar-refractivity contribution in [2.24, 2.45) is 0 Å². The van der Waals surface area contributed by atoms with Gasteiger partial charge < -0.3 is 14.7 Å². The number of carbonyl (C=O) groups is 1. The third-order valence-electron chi connectivity index (χ3n) is 9.54. The Morgan fingerprint density at radius 3 is 1.91 bits per heavy atom. The molecule has 0 bridgehead atoms. The van der Waals surface area contributed by atoms with Crippen LogP contribution in [0, 0.1) is 6.92 Å². The summed E-state index contributed by atoms with van der Waals surface area (Å²) in [4.78, 5) is 28.3. The minimum absolute atomic E-state index is 0.0479. The average Bonchev–Trinajstić information content (AvgIpc) is 3.86. The predicted octanol–water partition coefficient (Wildman–Crippen LogP) is 6.83. The molecule has 1 unspecified atom stereocenters. The molecule has 3 aromatic carbocycles. The van der Waals surface area contributed by atoms with Crippen molar-refractivity contribution in [2.75, 3.05) is 55.6 Å². The molecule has 0 radical (unpaired) electrons. The molecule has 2 aliphatic rings. The van der Waals surface area contributed by atoms with Crippen LogP contribution in [-0.4, -0.2) is 99.4 Å². The number of hydrogen-bond donors (Lipinski definition) is 0. The van der Waals surface area contributed by atoms with Crippen LogP contribution in [0.2, 0.25) is 5.02 Å². The number of nitrogens with zero attached hydrogens (tertiary/aromatic N) is 8. The highest BCUT2D eigenvalue weighted by molar-refractivity contribution is 7.89. The summed E-state index contributed by atoms with van der Waals surface area (Å²) in [5.41, 5.74) is 4.60. The summed E-state index contributed by atoms with van der Waals surface area (Å²) in [5.74, 6) is 1.68. The van der Waals surface area contributed by atoms with Crippen molar-refractivity contribution in [1.82, 2.24) is 27.9 Å². The largest absolute Gasteiger partial charge is 0.344 e. The predicted molar refractivity (Wildman–Crippen MR) is 225 cm³/mol. The van der Waals surface area contributed by atoms with E-state index in [1.54, 1.807) is 24.2 Å². The second-order valence-electron chi connectivity index (χ2n) is 14.0. The Kier molecular flexibility index (Phi) is 13.7. The number of halogens is 1. The van der Waals surface area contributed by atoms with Crippen molar-refractivity contribution in [2.45, 2.75) is 51.8 Å². The number of carbonyl (C=O) groups excluding carboxylic acids is 1. The molecule has 2 saturated heterocycles. The van der Waals surface area contributed by atoms with E-state index in [0.717, 1.165) is 57.6 Å². The highest BCUT2D eigenvalue weighted by Crippen LogP contribution is 2.24. The first kappa shape index (κ1) is 40.5. The molecule has 290 valence electrons. The number of piperazine rings is 2. The van der Waals surface area contributed by atoms with E-state index in [1.165, 1.54) is 34.2 Å². The van der Waals surface area contributed by atoms with E-state index >= 15 is 0 Å². The van der Waals surface area contributed by atoms with E-state index in [0.29, 0.717) is 39.1 Å². The van der Waals surface area contributed by atoms with Gasteiger partial charge in [-0.2, -0.15) is 13.1 Å². The molecule has 11 nitrogen and oxygen atoms in total. The first-order chi connectivity index (χ1) is 26.4. The van der Waals surface area contributed by atoms with Gasteiger partial charge in [-0.3, -0.25) is 4.79 Å². The van der Waals surface area contributed by atoms with Crippen molar-refractivity contribution in [3.05, 3.63) is 124 Å². The standard InChI is InChI=1S/C23H23ClN4OS.C17H24N4O2S2/c1-17-16-27(13-14-28(17)22(29)12-9-18-5-3-2-4-6-18)23-25-21(26-30-23)15-19-7-10-20(24)11-8-19;1-13(2)25(22,23)21-10-8-20(9-11-21)17-18-16(19-24-17)12-15-6-4-14(3)5-7-15/h2-12,17H,13-16H2,1H3;4-7,13H,8-12H2,1-3H3/b12-9+;. The number of aromatic nitrogens is 4. The molecule has 0 N–H and O–H groups in total. The molecule has 0 aliphatic carbocycles. The van der Waals surface area contributed by atoms with E-state index in [4.69, 9.17) is 16.6 Å². The maximum Gasteiger partial charge on any atom is 0.246 e. The maximum absolute atomic E-state index is 12.6. The number of rotatable bonds is 10. The summed E-state index contributed by atoms with van der Waals surface area (Å²) in [6, 6.07) is 26.1. The van der Waals surface area contributed by atoms with E-state index in [2.05, 4.69) is 61.6 Å². The van der Waals surface area contributed by atoms with Gasteiger partial charge in [0.05, 0.1) is 5.25 Å². The van der Waals surface area contributed by atoms with E-state index in [1.807, 2.05) is 65.6 Å². The smallest absolute Gasteiger partial charge is 0.246 e. The molecule has 4 heterocycles. The summed E-state index contributed by atoms with van der Waals surface area (Å²) in [5, 5.41) is 2.15. The second-order valence-corrected chi connectivity index (χ2v) is 18.4. The minimum atomic E-state index is -3.17. The Hall–Kier alpha value is -4.21. The molecule has 1 amide bonds. The lowest BCUT2D eigenvalue weighted by Crippen LogP contribution is -2.53. The van der Waals surface area contributed by atoms with Crippen LogP contribution in [0.1, 0.15) is 54.7 Å². The number of sulfonamides is 1. The quantitative estimate of drug-likeness (QED) is 0.140. The molecule has 1 atom stereocenters. The molecular weight excluding hydrogens is 772 g/mol. The number of benzene rings is 3. The lowest BCUT2D eigenvalue weighted by Gasteiger charge is -2.39. The molecule has 0 saturated carbocycles. The van der Waals surface area contributed by atoms with Gasteiger partial charge in [0.2, 0.25) is 26.2 Å². The third-order valence-corrected chi connectivity index (χ3v) is 13.7. The van der Waals surface area contributed by atoms with Crippen LogP contribution in [0.15, 0.2) is 84.9 Å². The lowest BCUT2D eigenvalue weighted by molar-refractivity contribution is -0.128. The summed E-state index contributed by atoms with van der Waals surface area (Å²) in [6.45, 7) is 12.1. The maximum atomic E-state index is 12.6. The summed E-state index contributed by atoms with van der Waals surface area (Å²) < 4.78 is 35.0. The van der Waals surface area contributed by atoms with Crippen molar-refractivity contribution < 1.29 is 13.2 Å². The van der Waals surface area contributed by atoms with Gasteiger partial charge in [-0.05, 0) is 62.6 Å². The summed E-state index contributed by atoms with van der Waals surface area (Å²) >= 11 is 8.76. The summed E-state index contributed by atoms with van der Waals surface area (Å²) in [7, 11) is -3.17. The highest BCUT2D eigenvalue weighted by Gasteiger charge is 2.31. The van der Waals surface area contributed by atoms with Crippen LogP contribution >= 0.6 is 34.7 Å². The van der Waals surface area contributed by atoms with Crippen LogP contribution in [0.3, 0.4) is 0 Å². The Morgan fingerprint density at radius 1 is 0.800 bits per heavy atom. The second kappa shape index (κ2) is 18.6. The molecule has 0 spiro atoms. The van der Waals surface area contributed by atoms with Crippen molar-refractivity contribution in [3.63, 3.8) is 0 Å². The topological polar surface area (TPSA) is 116 Å². The first-order valence-corrected chi connectivity index (χ1v) is 21.8. The van der Waals surface area contributed by atoms with Gasteiger partial charge in [0.25, 0.3) is 0 Å². The monoisotopic (exact) mass is 818 g/mol. The fourth-order valence-corrected chi connectivity index (χ4v) is 9.13. The van der Waals surface area contributed by atoms with Crippen molar-refractivity contribution >= 4 is 66.9 Å². The fourth-order valence-electron chi connectivity index (χ4n) is 6.28. The SMILES string of the molecule is CC1CN(c2nc(Cc3ccc(Cl)cc3)ns2)CCN1C(=O)/C=C/c1ccccc1.Cc1ccc(Cc2nsc(N3CCN(S(=O)(=O)C(C)C)CC3)n2)cc1. The molecular formula is C40H47ClN8O3S3. The van der Waals surface area contributed by atoms with Gasteiger partial charge in [0, 0.05) is 98.9 Å². The molecule has 7 rings (SSSR count). The van der Waals surface area contributed by atoms with Crippen LogP contribution in [0.4, 0.5) is 10.3 Å². The number of anilines is 2. The van der Waals surface area contributed by atoms with E-state index < -0.39 is 10.0 Å². The molecule has 2 aromatic heterocycles. The van der Waals surface area contributed by atoms with Gasteiger partial charge >= 0.3 is 0 Å². The van der Waals surface area contributed by atoms with Crippen molar-refractivity contribution in [3.8, 4) is 0 Å². The Bertz CT molecular complexity index is 2130. The zero-order valence-corrected chi connectivity index (χ0v) is 34.8. The number of aryl methyl sites for hydroxylation is 1.